The SMILES string of the molecule is CCC(CC)(CN)NC(=O)c1csc(NC(C)=O)n1. The van der Waals surface area contributed by atoms with E-state index in [9.17, 15) is 9.59 Å². The van der Waals surface area contributed by atoms with Crippen molar-refractivity contribution >= 4 is 28.3 Å². The van der Waals surface area contributed by atoms with Crippen molar-refractivity contribution in [2.24, 2.45) is 5.73 Å². The Morgan fingerprint density at radius 1 is 1.42 bits per heavy atom. The highest BCUT2D eigenvalue weighted by Crippen LogP contribution is 2.18. The summed E-state index contributed by atoms with van der Waals surface area (Å²) in [5.74, 6) is -0.471. The van der Waals surface area contributed by atoms with Crippen molar-refractivity contribution in [3.05, 3.63) is 11.1 Å². The van der Waals surface area contributed by atoms with Crippen LogP contribution < -0.4 is 16.4 Å². The van der Waals surface area contributed by atoms with Gasteiger partial charge in [0.15, 0.2) is 5.13 Å². The lowest BCUT2D eigenvalue weighted by Gasteiger charge is -2.31. The van der Waals surface area contributed by atoms with Crippen LogP contribution in [-0.4, -0.2) is 28.9 Å². The van der Waals surface area contributed by atoms with Gasteiger partial charge in [-0.2, -0.15) is 0 Å². The quantitative estimate of drug-likeness (QED) is 0.734. The molecule has 0 aliphatic rings. The monoisotopic (exact) mass is 284 g/mol. The zero-order chi connectivity index (χ0) is 14.5. The lowest BCUT2D eigenvalue weighted by atomic mass is 9.93. The Hall–Kier alpha value is -1.47. The molecule has 1 heterocycles. The minimum absolute atomic E-state index is 0.209. The normalized spacial score (nSPS) is 11.2. The first-order valence-corrected chi connectivity index (χ1v) is 7.10. The first-order chi connectivity index (χ1) is 8.96. The standard InChI is InChI=1S/C12H20N4O2S/c1-4-12(5-2,7-13)16-10(18)9-6-19-11(15-9)14-8(3)17/h6H,4-5,7,13H2,1-3H3,(H,16,18)(H,14,15,17). The smallest absolute Gasteiger partial charge is 0.271 e. The van der Waals surface area contributed by atoms with Gasteiger partial charge in [-0.15, -0.1) is 11.3 Å². The number of carbonyl (C=O) groups is 2. The van der Waals surface area contributed by atoms with E-state index in [1.165, 1.54) is 18.3 Å². The molecule has 0 spiro atoms. The number of amides is 2. The third kappa shape index (κ3) is 4.00. The van der Waals surface area contributed by atoms with E-state index in [0.29, 0.717) is 17.4 Å². The third-order valence-corrected chi connectivity index (χ3v) is 3.90. The van der Waals surface area contributed by atoms with Gasteiger partial charge in [0.2, 0.25) is 5.91 Å². The molecule has 0 bridgehead atoms. The van der Waals surface area contributed by atoms with E-state index < -0.39 is 5.54 Å². The molecule has 0 atom stereocenters. The Balaban J connectivity index is 2.77. The lowest BCUT2D eigenvalue weighted by molar-refractivity contribution is -0.114. The van der Waals surface area contributed by atoms with Crippen LogP contribution in [0.15, 0.2) is 5.38 Å². The van der Waals surface area contributed by atoms with E-state index in [1.54, 1.807) is 5.38 Å². The highest BCUT2D eigenvalue weighted by atomic mass is 32.1. The van der Waals surface area contributed by atoms with Gasteiger partial charge in [0.05, 0.1) is 5.54 Å². The van der Waals surface area contributed by atoms with Crippen LogP contribution >= 0.6 is 11.3 Å². The summed E-state index contributed by atoms with van der Waals surface area (Å²) in [5, 5.41) is 7.52. The minimum atomic E-state index is -0.394. The minimum Gasteiger partial charge on any atom is -0.344 e. The van der Waals surface area contributed by atoms with Crippen LogP contribution in [0.1, 0.15) is 44.1 Å². The molecule has 0 unspecified atom stereocenters. The number of nitrogens with zero attached hydrogens (tertiary/aromatic N) is 1. The number of nitrogens with one attached hydrogen (secondary N) is 2. The second-order valence-corrected chi connectivity index (χ2v) is 5.22. The van der Waals surface area contributed by atoms with Crippen molar-refractivity contribution in [2.45, 2.75) is 39.2 Å². The predicted molar refractivity (Wildman–Crippen MR) is 76.3 cm³/mol. The third-order valence-electron chi connectivity index (χ3n) is 3.14. The zero-order valence-corrected chi connectivity index (χ0v) is 12.3. The summed E-state index contributed by atoms with van der Waals surface area (Å²) in [6, 6.07) is 0. The molecule has 19 heavy (non-hydrogen) atoms. The number of anilines is 1. The predicted octanol–water partition coefficient (Wildman–Crippen LogP) is 1.35. The molecule has 7 heteroatoms. The zero-order valence-electron chi connectivity index (χ0n) is 11.4. The molecule has 0 aliphatic carbocycles. The fourth-order valence-corrected chi connectivity index (χ4v) is 2.39. The summed E-state index contributed by atoms with van der Waals surface area (Å²) >= 11 is 1.22. The molecular formula is C12H20N4O2S. The number of carbonyl (C=O) groups excluding carboxylic acids is 2. The molecule has 2 amide bonds. The maximum atomic E-state index is 12.1. The Morgan fingerprint density at radius 2 is 2.05 bits per heavy atom. The maximum Gasteiger partial charge on any atom is 0.271 e. The average molecular weight is 284 g/mol. The van der Waals surface area contributed by atoms with Crippen LogP contribution in [0.5, 0.6) is 0 Å². The molecule has 6 nitrogen and oxygen atoms in total. The summed E-state index contributed by atoms with van der Waals surface area (Å²) in [6.07, 6.45) is 1.52. The van der Waals surface area contributed by atoms with Crippen LogP contribution in [0.3, 0.4) is 0 Å². The van der Waals surface area contributed by atoms with Crippen molar-refractivity contribution in [1.82, 2.24) is 10.3 Å². The van der Waals surface area contributed by atoms with Gasteiger partial charge in [0.1, 0.15) is 5.69 Å². The van der Waals surface area contributed by atoms with Gasteiger partial charge < -0.3 is 16.4 Å². The highest BCUT2D eigenvalue weighted by molar-refractivity contribution is 7.14. The van der Waals surface area contributed by atoms with Gasteiger partial charge in [-0.1, -0.05) is 13.8 Å². The van der Waals surface area contributed by atoms with E-state index in [0.717, 1.165) is 12.8 Å². The number of hydrogen-bond acceptors (Lipinski definition) is 5. The van der Waals surface area contributed by atoms with E-state index in [-0.39, 0.29) is 11.8 Å². The summed E-state index contributed by atoms with van der Waals surface area (Å²) in [7, 11) is 0. The largest absolute Gasteiger partial charge is 0.344 e. The molecule has 0 aromatic carbocycles. The number of thiazole rings is 1. The van der Waals surface area contributed by atoms with Crippen molar-refractivity contribution in [1.29, 1.82) is 0 Å². The van der Waals surface area contributed by atoms with Gasteiger partial charge in [-0.25, -0.2) is 4.98 Å². The van der Waals surface area contributed by atoms with Gasteiger partial charge in [0.25, 0.3) is 5.91 Å². The van der Waals surface area contributed by atoms with E-state index in [4.69, 9.17) is 5.73 Å². The molecule has 0 saturated carbocycles. The first kappa shape index (κ1) is 15.6. The second kappa shape index (κ2) is 6.63. The highest BCUT2D eigenvalue weighted by Gasteiger charge is 2.27. The summed E-state index contributed by atoms with van der Waals surface area (Å²) < 4.78 is 0. The van der Waals surface area contributed by atoms with E-state index in [1.807, 2.05) is 13.8 Å². The van der Waals surface area contributed by atoms with Crippen molar-refractivity contribution in [3.8, 4) is 0 Å². The van der Waals surface area contributed by atoms with Crippen molar-refractivity contribution in [2.75, 3.05) is 11.9 Å². The van der Waals surface area contributed by atoms with Crippen molar-refractivity contribution < 1.29 is 9.59 Å². The Morgan fingerprint density at radius 3 is 2.53 bits per heavy atom. The molecule has 1 aromatic heterocycles. The molecule has 1 aromatic rings. The maximum absolute atomic E-state index is 12.1. The first-order valence-electron chi connectivity index (χ1n) is 6.22. The van der Waals surface area contributed by atoms with Gasteiger partial charge in [0, 0.05) is 18.8 Å². The number of nitrogens with two attached hydrogens (primary N) is 1. The molecule has 0 saturated heterocycles. The van der Waals surface area contributed by atoms with E-state index in [2.05, 4.69) is 15.6 Å². The molecular weight excluding hydrogens is 264 g/mol. The van der Waals surface area contributed by atoms with Gasteiger partial charge in [-0.05, 0) is 12.8 Å². The lowest BCUT2D eigenvalue weighted by Crippen LogP contribution is -2.52. The Labute approximate surface area is 116 Å². The number of hydrogen-bond donors (Lipinski definition) is 3. The van der Waals surface area contributed by atoms with Gasteiger partial charge >= 0.3 is 0 Å². The molecule has 106 valence electrons. The Bertz CT molecular complexity index is 446. The van der Waals surface area contributed by atoms with Crippen molar-refractivity contribution in [3.63, 3.8) is 0 Å². The number of aromatic nitrogens is 1. The average Bonchev–Trinajstić information content (AvgIpc) is 2.83. The molecule has 1 rings (SSSR count). The van der Waals surface area contributed by atoms with Crippen LogP contribution in [0, 0.1) is 0 Å². The molecule has 0 fully saturated rings. The molecule has 0 radical (unpaired) electrons. The van der Waals surface area contributed by atoms with Crippen LogP contribution in [-0.2, 0) is 4.79 Å². The van der Waals surface area contributed by atoms with Crippen LogP contribution in [0.4, 0.5) is 5.13 Å². The second-order valence-electron chi connectivity index (χ2n) is 4.36. The summed E-state index contributed by atoms with van der Waals surface area (Å²) in [5.41, 5.74) is 5.64. The fourth-order valence-electron chi connectivity index (χ4n) is 1.66. The fraction of sp³-hybridized carbons (Fsp3) is 0.583. The van der Waals surface area contributed by atoms with E-state index >= 15 is 0 Å². The summed E-state index contributed by atoms with van der Waals surface area (Å²) in [6.45, 7) is 5.75. The number of rotatable bonds is 6. The molecule has 0 aliphatic heterocycles. The summed E-state index contributed by atoms with van der Waals surface area (Å²) in [4.78, 5) is 27.1. The topological polar surface area (TPSA) is 97.1 Å². The Kier molecular flexibility index (Phi) is 5.44. The molecule has 4 N–H and O–H groups in total. The van der Waals surface area contributed by atoms with Gasteiger partial charge in [-0.3, -0.25) is 9.59 Å². The van der Waals surface area contributed by atoms with Crippen LogP contribution in [0.2, 0.25) is 0 Å². The van der Waals surface area contributed by atoms with Crippen LogP contribution in [0.25, 0.3) is 0 Å².